The number of ether oxygens (including phenoxy) is 2. The van der Waals surface area contributed by atoms with Crippen LogP contribution < -0.4 is 14.9 Å². The average molecular weight is 617 g/mol. The highest BCUT2D eigenvalue weighted by Crippen LogP contribution is 2.36. The number of nitrogen functional groups attached to an aromatic ring is 1. The minimum atomic E-state index is -4.91. The second-order valence-corrected chi connectivity index (χ2v) is 11.1. The van der Waals surface area contributed by atoms with Gasteiger partial charge in [0, 0.05) is 37.5 Å². The van der Waals surface area contributed by atoms with Gasteiger partial charge in [0.2, 0.25) is 17.7 Å². The highest BCUT2D eigenvalue weighted by molar-refractivity contribution is 7.92. The molecule has 1 amide bonds. The predicted molar refractivity (Wildman–Crippen MR) is 149 cm³/mol. The molecule has 0 aliphatic carbocycles. The first-order valence-corrected chi connectivity index (χ1v) is 14.3. The van der Waals surface area contributed by atoms with E-state index in [1.807, 2.05) is 0 Å². The first-order valence-electron chi connectivity index (χ1n) is 12.9. The van der Waals surface area contributed by atoms with Gasteiger partial charge in [-0.05, 0) is 42.3 Å². The Morgan fingerprint density at radius 2 is 1.95 bits per heavy atom. The fourth-order valence-corrected chi connectivity index (χ4v) is 5.97. The van der Waals surface area contributed by atoms with Gasteiger partial charge in [0.15, 0.2) is 5.69 Å². The molecule has 1 saturated heterocycles. The molecule has 2 aromatic carbocycles. The maximum Gasteiger partial charge on any atom is 0.322 e. The fraction of sp³-hybridized carbons (Fsp3) is 0.259. The Morgan fingerprint density at radius 3 is 2.67 bits per heavy atom. The number of amides is 1. The smallest absolute Gasteiger partial charge is 0.322 e. The molecule has 0 saturated carbocycles. The summed E-state index contributed by atoms with van der Waals surface area (Å²) in [5, 5.41) is 0. The van der Waals surface area contributed by atoms with Gasteiger partial charge in [-0.3, -0.25) is 9.59 Å². The number of hydrogen-bond acceptors (Lipinski definition) is 10. The zero-order valence-electron chi connectivity index (χ0n) is 22.8. The highest BCUT2D eigenvalue weighted by Gasteiger charge is 2.33. The number of anilines is 2. The summed E-state index contributed by atoms with van der Waals surface area (Å²) in [4.78, 5) is 37.5. The lowest BCUT2D eigenvalue weighted by Crippen LogP contribution is -2.42. The van der Waals surface area contributed by atoms with Crippen LogP contribution in [0, 0.1) is 11.6 Å². The molecule has 43 heavy (non-hydrogen) atoms. The quantitative estimate of drug-likeness (QED) is 0.196. The summed E-state index contributed by atoms with van der Waals surface area (Å²) in [7, 11) is -3.69. The number of hydrogen-bond donors (Lipinski definition) is 1. The number of rotatable bonds is 11. The lowest BCUT2D eigenvalue weighted by molar-refractivity contribution is -0.142. The topological polar surface area (TPSA) is 159 Å². The number of aryl methyl sites for hydroxylation is 1. The molecular weight excluding hydrogens is 590 g/mol. The molecule has 1 aliphatic rings. The number of nitrogens with zero attached hydrogens (tertiary/aromatic N) is 5. The summed E-state index contributed by atoms with van der Waals surface area (Å²) in [6.07, 6.45) is 2.01. The Kier molecular flexibility index (Phi) is 8.40. The second-order valence-electron chi connectivity index (χ2n) is 9.37. The van der Waals surface area contributed by atoms with Crippen molar-refractivity contribution >= 4 is 45.1 Å². The lowest BCUT2D eigenvalue weighted by Gasteiger charge is -2.26. The third kappa shape index (κ3) is 5.91. The van der Waals surface area contributed by atoms with Crippen molar-refractivity contribution in [2.45, 2.75) is 17.9 Å². The molecule has 0 radical (unpaired) electrons. The van der Waals surface area contributed by atoms with E-state index < -0.39 is 26.6 Å². The van der Waals surface area contributed by atoms with Crippen LogP contribution in [0.3, 0.4) is 0 Å². The molecule has 13 nitrogen and oxygen atoms in total. The van der Waals surface area contributed by atoms with E-state index in [0.717, 1.165) is 6.07 Å². The van der Waals surface area contributed by atoms with Crippen LogP contribution in [0.4, 0.5) is 20.4 Å². The van der Waals surface area contributed by atoms with Crippen LogP contribution in [0.2, 0.25) is 0 Å². The molecule has 16 heteroatoms. The molecule has 5 rings (SSSR count). The van der Waals surface area contributed by atoms with E-state index in [1.54, 1.807) is 27.7 Å². The molecule has 3 heterocycles. The summed E-state index contributed by atoms with van der Waals surface area (Å²) >= 11 is 0. The summed E-state index contributed by atoms with van der Waals surface area (Å²) in [6, 6.07) is 8.37. The monoisotopic (exact) mass is 616 g/mol. The number of pyridine rings is 1. The summed E-state index contributed by atoms with van der Waals surface area (Å²) in [5.41, 5.74) is 8.05. The number of carbonyl (C=O) groups is 2. The van der Waals surface area contributed by atoms with Gasteiger partial charge >= 0.3 is 6.47 Å². The number of fused-ring (bicyclic) bond motifs is 1. The molecular formula is C27H26F2N6O7S. The first-order chi connectivity index (χ1) is 20.6. The minimum absolute atomic E-state index is 0.0623. The first kappa shape index (κ1) is 29.7. The van der Waals surface area contributed by atoms with Crippen molar-refractivity contribution < 1.29 is 41.1 Å². The van der Waals surface area contributed by atoms with Crippen molar-refractivity contribution in [1.29, 1.82) is 0 Å². The minimum Gasteiger partial charge on any atom is -0.479 e. The van der Waals surface area contributed by atoms with Gasteiger partial charge in [0.1, 0.15) is 23.1 Å². The average Bonchev–Trinajstić information content (AvgIpc) is 3.30. The van der Waals surface area contributed by atoms with E-state index in [0.29, 0.717) is 67.0 Å². The number of halogens is 2. The zero-order valence-corrected chi connectivity index (χ0v) is 23.6. The molecule has 2 N–H and O–H groups in total. The van der Waals surface area contributed by atoms with Crippen molar-refractivity contribution in [3.05, 3.63) is 60.3 Å². The molecule has 2 aromatic heterocycles. The Balaban J connectivity index is 1.50. The number of benzene rings is 2. The molecule has 1 aliphatic heterocycles. The third-order valence-electron chi connectivity index (χ3n) is 6.76. The molecule has 4 aromatic rings. The van der Waals surface area contributed by atoms with Crippen LogP contribution in [0.5, 0.6) is 5.88 Å². The molecule has 1 fully saturated rings. The van der Waals surface area contributed by atoms with Gasteiger partial charge in [-0.25, -0.2) is 18.7 Å². The number of carbonyl (C=O) groups excluding carboxylic acids is 2. The molecule has 226 valence electrons. The summed E-state index contributed by atoms with van der Waals surface area (Å²) in [5.74, 6) is -2.45. The van der Waals surface area contributed by atoms with Gasteiger partial charge in [0.25, 0.3) is 10.0 Å². The Labute approximate surface area is 244 Å². The predicted octanol–water partition coefficient (Wildman–Crippen LogP) is 2.50. The Bertz CT molecular complexity index is 1800. The maximum absolute atomic E-state index is 14.5. The molecule has 0 atom stereocenters. The Morgan fingerprint density at radius 1 is 1.14 bits per heavy atom. The summed E-state index contributed by atoms with van der Waals surface area (Å²) in [6.45, 7) is 1.88. The van der Waals surface area contributed by atoms with E-state index in [2.05, 4.69) is 9.97 Å². The normalized spacial score (nSPS) is 13.7. The van der Waals surface area contributed by atoms with Gasteiger partial charge in [0.05, 0.1) is 24.8 Å². The van der Waals surface area contributed by atoms with Gasteiger partial charge in [-0.1, -0.05) is 10.5 Å². The number of imidazole rings is 1. The van der Waals surface area contributed by atoms with E-state index in [1.165, 1.54) is 19.4 Å². The van der Waals surface area contributed by atoms with Crippen molar-refractivity contribution in [2.24, 2.45) is 0 Å². The van der Waals surface area contributed by atoms with Gasteiger partial charge in [-0.15, -0.1) is 0 Å². The van der Waals surface area contributed by atoms with E-state index in [-0.39, 0.29) is 41.0 Å². The molecule has 0 unspecified atom stereocenters. The van der Waals surface area contributed by atoms with Gasteiger partial charge in [-0.2, -0.15) is 8.42 Å². The van der Waals surface area contributed by atoms with Crippen molar-refractivity contribution in [2.75, 3.05) is 43.6 Å². The Hall–Kier alpha value is -4.83. The number of sulfonamides is 1. The third-order valence-corrected chi connectivity index (χ3v) is 8.36. The van der Waals surface area contributed by atoms with Crippen molar-refractivity contribution in [3.8, 4) is 17.0 Å². The largest absolute Gasteiger partial charge is 0.479 e. The lowest BCUT2D eigenvalue weighted by atomic mass is 10.1. The van der Waals surface area contributed by atoms with Crippen LogP contribution in [0.25, 0.3) is 22.2 Å². The van der Waals surface area contributed by atoms with E-state index in [4.69, 9.17) is 20.0 Å². The number of morpholine rings is 1. The number of nitrogens with two attached hydrogens (primary N) is 1. The van der Waals surface area contributed by atoms with Crippen LogP contribution >= 0.6 is 0 Å². The second kappa shape index (κ2) is 12.2. The fourth-order valence-electron chi connectivity index (χ4n) is 4.70. The standard InChI is InChI=1S/C27H26F2N6O7S/c1-40-26-23(35(42-16-36)43(38,39)24-6-4-19(28)13-20(24)29)12-18(14-31-26)17-3-5-21-22(11-17)34(27(30)32-21)8-2-7-33-9-10-41-15-25(33)37/h3-6,11-14,16H,2,7-10,15H2,1H3,(H2,30,32). The highest BCUT2D eigenvalue weighted by atomic mass is 32.2. The van der Waals surface area contributed by atoms with Crippen molar-refractivity contribution in [3.63, 3.8) is 0 Å². The van der Waals surface area contributed by atoms with E-state index >= 15 is 0 Å². The molecule has 0 spiro atoms. The summed E-state index contributed by atoms with van der Waals surface area (Å²) < 4.78 is 67.0. The molecule has 0 bridgehead atoms. The number of methoxy groups -OCH3 is 1. The van der Waals surface area contributed by atoms with Crippen molar-refractivity contribution in [1.82, 2.24) is 19.4 Å². The van der Waals surface area contributed by atoms with E-state index in [9.17, 15) is 26.8 Å². The van der Waals surface area contributed by atoms with Gasteiger partial charge < -0.3 is 29.5 Å². The SMILES string of the molecule is COc1ncc(-c2ccc3nc(N)n(CCCN4CCOCC4=O)c3c2)cc1N(OC=O)S(=O)(=O)c1ccc(F)cc1F. The number of aromatic nitrogens is 3. The van der Waals surface area contributed by atoms with Crippen LogP contribution in [0.15, 0.2) is 53.6 Å². The van der Waals surface area contributed by atoms with Crippen LogP contribution in [0.1, 0.15) is 6.42 Å². The van der Waals surface area contributed by atoms with Crippen LogP contribution in [-0.4, -0.2) is 73.6 Å². The zero-order chi connectivity index (χ0) is 30.7. The van der Waals surface area contributed by atoms with Crippen LogP contribution in [-0.2, 0) is 35.7 Å². The maximum atomic E-state index is 14.5.